The van der Waals surface area contributed by atoms with E-state index in [4.69, 9.17) is 28.5 Å². The van der Waals surface area contributed by atoms with Crippen LogP contribution in [0.1, 0.15) is 38.4 Å². The van der Waals surface area contributed by atoms with Gasteiger partial charge < -0.3 is 21.5 Å². The van der Waals surface area contributed by atoms with E-state index in [9.17, 15) is 4.79 Å². The molecule has 2 aromatic heterocycles. The van der Waals surface area contributed by atoms with Gasteiger partial charge >= 0.3 is 6.09 Å². The lowest BCUT2D eigenvalue weighted by Crippen LogP contribution is -2.23. The van der Waals surface area contributed by atoms with Gasteiger partial charge in [0, 0.05) is 24.5 Å². The summed E-state index contributed by atoms with van der Waals surface area (Å²) in [4.78, 5) is 23.5. The van der Waals surface area contributed by atoms with Gasteiger partial charge in [-0.1, -0.05) is 31.4 Å². The molecular weight excluding hydrogens is 394 g/mol. The molecule has 1 aliphatic carbocycles. The van der Waals surface area contributed by atoms with Crippen molar-refractivity contribution in [3.05, 3.63) is 29.3 Å². The molecule has 1 fully saturated rings. The molecule has 0 radical (unpaired) electrons. The number of aromatic nitrogens is 3. The molecule has 0 atom stereocenters. The molecule has 6 N–H and O–H groups in total. The summed E-state index contributed by atoms with van der Waals surface area (Å²) < 4.78 is 4.59. The molecule has 1 aliphatic rings. The molecule has 0 spiro atoms. The van der Waals surface area contributed by atoms with E-state index in [0.29, 0.717) is 27.9 Å². The number of anilines is 2. The Kier molecular flexibility index (Phi) is 6.48. The zero-order valence-corrected chi connectivity index (χ0v) is 16.9. The quantitative estimate of drug-likeness (QED) is 0.429. The fourth-order valence-electron chi connectivity index (χ4n) is 3.43. The van der Waals surface area contributed by atoms with Crippen molar-refractivity contribution in [2.45, 2.75) is 32.6 Å². The van der Waals surface area contributed by atoms with E-state index >= 15 is 0 Å². The lowest BCUT2D eigenvalue weighted by Gasteiger charge is -2.27. The first kappa shape index (κ1) is 20.8. The Balaban J connectivity index is 1.93. The molecule has 1 saturated carbocycles. The number of nitrogens with zero attached hydrogens (tertiary/aromatic N) is 3. The molecule has 1 amide bonds. The second-order valence-electron chi connectivity index (χ2n) is 7.30. The zero-order valence-electron chi connectivity index (χ0n) is 16.1. The Morgan fingerprint density at radius 3 is 2.69 bits per heavy atom. The highest BCUT2D eigenvalue weighted by Crippen LogP contribution is 2.33. The third-order valence-electron chi connectivity index (χ3n) is 5.02. The summed E-state index contributed by atoms with van der Waals surface area (Å²) in [7, 11) is 0. The van der Waals surface area contributed by atoms with Crippen LogP contribution in [-0.4, -0.2) is 33.5 Å². The second kappa shape index (κ2) is 9.04. The molecule has 2 aromatic rings. The lowest BCUT2D eigenvalue weighted by atomic mass is 9.83. The van der Waals surface area contributed by atoms with Crippen LogP contribution < -0.4 is 16.8 Å². The van der Waals surface area contributed by atoms with Crippen molar-refractivity contribution < 1.29 is 9.53 Å². The van der Waals surface area contributed by atoms with E-state index in [1.807, 2.05) is 0 Å². The number of nitrogen functional groups attached to an aromatic ring is 1. The van der Waals surface area contributed by atoms with E-state index in [1.165, 1.54) is 19.0 Å². The van der Waals surface area contributed by atoms with E-state index in [-0.39, 0.29) is 11.6 Å². The highest BCUT2D eigenvalue weighted by molar-refractivity contribution is 6.30. The molecule has 3 rings (SSSR count). The van der Waals surface area contributed by atoms with Crippen LogP contribution in [0.2, 0.25) is 5.02 Å². The van der Waals surface area contributed by atoms with E-state index in [1.54, 1.807) is 12.3 Å². The summed E-state index contributed by atoms with van der Waals surface area (Å²) >= 11 is 6.08. The Morgan fingerprint density at radius 2 is 2.03 bits per heavy atom. The highest BCUT2D eigenvalue weighted by atomic mass is 35.5. The molecule has 0 unspecified atom stereocenters. The summed E-state index contributed by atoms with van der Waals surface area (Å²) in [5.41, 5.74) is 12.7. The van der Waals surface area contributed by atoms with Gasteiger partial charge in [-0.05, 0) is 30.7 Å². The number of nitrogens with two attached hydrogens (primary N) is 2. The van der Waals surface area contributed by atoms with Crippen molar-refractivity contribution in [3.8, 4) is 11.3 Å². The lowest BCUT2D eigenvalue weighted by molar-refractivity contribution is 0.207. The number of carbonyl (C=O) groups is 1. The minimum atomic E-state index is -1.13. The van der Waals surface area contributed by atoms with Crippen LogP contribution in [0.25, 0.3) is 11.3 Å². The Labute approximate surface area is 173 Å². The number of ether oxygens (including phenoxy) is 1. The summed E-state index contributed by atoms with van der Waals surface area (Å²) in [6, 6.07) is 1.69. The van der Waals surface area contributed by atoms with Gasteiger partial charge in [0.25, 0.3) is 5.90 Å². The number of nitrogens with one attached hydrogen (secondary N) is 2. The van der Waals surface area contributed by atoms with Gasteiger partial charge in [-0.15, -0.1) is 0 Å². The highest BCUT2D eigenvalue weighted by Gasteiger charge is 2.22. The standard InChI is InChI=1S/C19H24ClN7O2/c1-10-2-4-11(5-3-10)7-25-15-14(12-6-13(20)9-24-8-12)26-18(27-16(15)21)17(22)29-19(23)28/h6,8-11,22,25H,2-5,7H2,1H3,(H2,23,28)(H2,21,26,27)/t10-,11-. The normalized spacial score (nSPS) is 18.8. The third-order valence-corrected chi connectivity index (χ3v) is 5.23. The molecular formula is C19H24ClN7O2. The van der Waals surface area contributed by atoms with Gasteiger partial charge in [0.15, 0.2) is 5.82 Å². The van der Waals surface area contributed by atoms with Gasteiger partial charge in [-0.3, -0.25) is 10.4 Å². The van der Waals surface area contributed by atoms with Gasteiger partial charge in [0.2, 0.25) is 5.82 Å². The number of rotatable bonds is 5. The Hall–Kier alpha value is -2.94. The minimum absolute atomic E-state index is 0.131. The summed E-state index contributed by atoms with van der Waals surface area (Å²) in [5.74, 6) is 0.684. The first-order chi connectivity index (χ1) is 13.8. The van der Waals surface area contributed by atoms with E-state index in [0.717, 1.165) is 25.3 Å². The maximum Gasteiger partial charge on any atom is 0.411 e. The fraction of sp³-hybridized carbons (Fsp3) is 0.421. The Morgan fingerprint density at radius 1 is 1.31 bits per heavy atom. The number of pyridine rings is 1. The largest absolute Gasteiger partial charge is 0.411 e. The van der Waals surface area contributed by atoms with Crippen molar-refractivity contribution in [1.82, 2.24) is 15.0 Å². The van der Waals surface area contributed by atoms with Gasteiger partial charge in [0.1, 0.15) is 11.4 Å². The predicted octanol–water partition coefficient (Wildman–Crippen LogP) is 3.43. The molecule has 10 heteroatoms. The average molecular weight is 418 g/mol. The summed E-state index contributed by atoms with van der Waals surface area (Å²) in [6.45, 7) is 3.01. The van der Waals surface area contributed by atoms with Crippen LogP contribution in [-0.2, 0) is 4.74 Å². The SMILES string of the molecule is C[C@H]1CC[C@H](CNc2c(N)nc(C(=N)OC(N)=O)nc2-c2cncc(Cl)c2)CC1. The third kappa shape index (κ3) is 5.32. The molecule has 0 saturated heterocycles. The van der Waals surface area contributed by atoms with Crippen molar-refractivity contribution in [2.75, 3.05) is 17.6 Å². The number of amides is 1. The van der Waals surface area contributed by atoms with Gasteiger partial charge in [-0.2, -0.15) is 0 Å². The molecule has 0 aliphatic heterocycles. The number of hydrogen-bond donors (Lipinski definition) is 4. The minimum Gasteiger partial charge on any atom is -0.388 e. The van der Waals surface area contributed by atoms with Crippen molar-refractivity contribution in [1.29, 1.82) is 5.41 Å². The van der Waals surface area contributed by atoms with E-state index in [2.05, 4.69) is 31.9 Å². The zero-order chi connectivity index (χ0) is 21.0. The molecule has 29 heavy (non-hydrogen) atoms. The number of primary amides is 1. The van der Waals surface area contributed by atoms with Crippen molar-refractivity contribution >= 4 is 35.1 Å². The number of carbonyl (C=O) groups excluding carboxylic acids is 1. The van der Waals surface area contributed by atoms with Crippen molar-refractivity contribution in [2.24, 2.45) is 17.6 Å². The molecule has 2 heterocycles. The number of halogens is 1. The molecule has 154 valence electrons. The monoisotopic (exact) mass is 417 g/mol. The van der Waals surface area contributed by atoms with Crippen LogP contribution in [0.3, 0.4) is 0 Å². The van der Waals surface area contributed by atoms with Crippen LogP contribution in [0.5, 0.6) is 0 Å². The number of hydrogen-bond acceptors (Lipinski definition) is 8. The Bertz CT molecular complexity index is 913. The summed E-state index contributed by atoms with van der Waals surface area (Å²) in [5, 5.41) is 11.6. The van der Waals surface area contributed by atoms with Crippen molar-refractivity contribution in [3.63, 3.8) is 0 Å². The molecule has 0 aromatic carbocycles. The topological polar surface area (TPSA) is 153 Å². The maximum atomic E-state index is 11.0. The van der Waals surface area contributed by atoms with E-state index < -0.39 is 12.0 Å². The maximum absolute atomic E-state index is 11.0. The first-order valence-electron chi connectivity index (χ1n) is 9.42. The van der Waals surface area contributed by atoms with Crippen LogP contribution in [0.15, 0.2) is 18.5 Å². The molecule has 0 bridgehead atoms. The smallest absolute Gasteiger partial charge is 0.388 e. The summed E-state index contributed by atoms with van der Waals surface area (Å²) in [6.07, 6.45) is 6.69. The average Bonchev–Trinajstić information content (AvgIpc) is 2.67. The molecule has 9 nitrogen and oxygen atoms in total. The first-order valence-corrected chi connectivity index (χ1v) is 9.79. The van der Waals surface area contributed by atoms with Crippen LogP contribution in [0, 0.1) is 17.2 Å². The van der Waals surface area contributed by atoms with Gasteiger partial charge in [0.05, 0.1) is 5.02 Å². The van der Waals surface area contributed by atoms with Crippen LogP contribution >= 0.6 is 11.6 Å². The second-order valence-corrected chi connectivity index (χ2v) is 7.74. The fourth-order valence-corrected chi connectivity index (χ4v) is 3.60. The van der Waals surface area contributed by atoms with Gasteiger partial charge in [-0.25, -0.2) is 14.8 Å². The van der Waals surface area contributed by atoms with Crippen LogP contribution in [0.4, 0.5) is 16.3 Å². The predicted molar refractivity (Wildman–Crippen MR) is 112 cm³/mol.